The number of hydrogen-bond acceptors (Lipinski definition) is 4. The number of carbonyl (C=O) groups is 4. The molecule has 1 atom stereocenters. The van der Waals surface area contributed by atoms with Crippen molar-refractivity contribution in [3.05, 3.63) is 0 Å². The summed E-state index contributed by atoms with van der Waals surface area (Å²) in [7, 11) is 0. The quantitative estimate of drug-likeness (QED) is 0.161. The normalized spacial score (nSPS) is 12.0. The number of unbranched alkanes of at least 4 members (excludes halogenated alkanes) is 13. The summed E-state index contributed by atoms with van der Waals surface area (Å²) in [5, 5.41) is 20.4. The highest BCUT2D eigenvalue weighted by molar-refractivity contribution is 5.85. The van der Waals surface area contributed by atoms with E-state index < -0.39 is 18.0 Å². The van der Waals surface area contributed by atoms with Gasteiger partial charge in [-0.05, 0) is 19.3 Å². The Labute approximate surface area is 200 Å². The Morgan fingerprint density at radius 2 is 1.00 bits per heavy atom. The molecule has 0 aliphatic rings. The van der Waals surface area contributed by atoms with E-state index in [9.17, 15) is 24.3 Å². The van der Waals surface area contributed by atoms with Gasteiger partial charge in [0.05, 0.1) is 0 Å². The van der Waals surface area contributed by atoms with Crippen LogP contribution in [0.2, 0.25) is 0 Å². The van der Waals surface area contributed by atoms with Crippen molar-refractivity contribution < 1.29 is 29.4 Å². The van der Waals surface area contributed by atoms with Gasteiger partial charge in [0.1, 0.15) is 11.8 Å². The third-order valence-corrected chi connectivity index (χ3v) is 6.00. The summed E-state index contributed by atoms with van der Waals surface area (Å²) in [6.45, 7) is 3.57. The average molecular weight is 470 g/mol. The molecule has 0 radical (unpaired) electrons. The molecule has 0 aliphatic carbocycles. The van der Waals surface area contributed by atoms with E-state index >= 15 is 0 Å². The molecule has 1 amide bonds. The summed E-state index contributed by atoms with van der Waals surface area (Å²) in [5.74, 6) is -2.14. The fraction of sp³-hybridized carbons (Fsp3) is 0.846. The number of hydrogen-bond donors (Lipinski definition) is 3. The van der Waals surface area contributed by atoms with Crippen LogP contribution >= 0.6 is 0 Å². The van der Waals surface area contributed by atoms with E-state index in [0.717, 1.165) is 38.5 Å². The Morgan fingerprint density at radius 3 is 1.36 bits per heavy atom. The van der Waals surface area contributed by atoms with Crippen molar-refractivity contribution in [2.75, 3.05) is 0 Å². The molecule has 3 N–H and O–H groups in total. The maximum atomic E-state index is 12.0. The first-order valence-electron chi connectivity index (χ1n) is 13.0. The molecule has 7 nitrogen and oxygen atoms in total. The number of carboxylic acid groups (broad SMARTS) is 2. The number of Topliss-reactive ketones (excluding diaryl/α,β-unsaturated/α-hetero) is 1. The number of ketones is 1. The third kappa shape index (κ3) is 20.4. The van der Waals surface area contributed by atoms with Gasteiger partial charge in [-0.15, -0.1) is 0 Å². The molecule has 33 heavy (non-hydrogen) atoms. The molecule has 0 aromatic rings. The Kier molecular flexibility index (Phi) is 19.5. The predicted molar refractivity (Wildman–Crippen MR) is 130 cm³/mol. The summed E-state index contributed by atoms with van der Waals surface area (Å²) in [5.41, 5.74) is 0. The van der Waals surface area contributed by atoms with Crippen LogP contribution in [0.4, 0.5) is 0 Å². The molecule has 7 heteroatoms. The zero-order chi connectivity index (χ0) is 24.9. The SMILES string of the molecule is CC(C)C(=O)CCC(NC(=O)CCCCCCCCCCCCCCCCC(=O)O)C(=O)O. The first-order valence-corrected chi connectivity index (χ1v) is 13.0. The van der Waals surface area contributed by atoms with E-state index in [1.54, 1.807) is 13.8 Å². The molecular formula is C26H47NO6. The minimum absolute atomic E-state index is 0.0143. The smallest absolute Gasteiger partial charge is 0.326 e. The molecule has 0 aromatic carbocycles. The van der Waals surface area contributed by atoms with Gasteiger partial charge in [-0.2, -0.15) is 0 Å². The number of aliphatic carboxylic acids is 2. The highest BCUT2D eigenvalue weighted by Gasteiger charge is 2.21. The number of carbonyl (C=O) groups excluding carboxylic acids is 2. The van der Waals surface area contributed by atoms with E-state index in [-0.39, 0.29) is 30.4 Å². The second-order valence-corrected chi connectivity index (χ2v) is 9.46. The van der Waals surface area contributed by atoms with Crippen LogP contribution in [0.1, 0.15) is 129 Å². The van der Waals surface area contributed by atoms with Crippen LogP contribution in [-0.2, 0) is 19.2 Å². The van der Waals surface area contributed by atoms with Crippen LogP contribution in [0.3, 0.4) is 0 Å². The Hall–Kier alpha value is -1.92. The van der Waals surface area contributed by atoms with Gasteiger partial charge in [0.15, 0.2) is 0 Å². The van der Waals surface area contributed by atoms with Crippen molar-refractivity contribution in [1.82, 2.24) is 5.32 Å². The minimum Gasteiger partial charge on any atom is -0.481 e. The van der Waals surface area contributed by atoms with Crippen molar-refractivity contribution in [3.8, 4) is 0 Å². The maximum Gasteiger partial charge on any atom is 0.326 e. The molecule has 0 fully saturated rings. The summed E-state index contributed by atoms with van der Waals surface area (Å²) in [4.78, 5) is 45.4. The zero-order valence-electron chi connectivity index (χ0n) is 20.9. The number of rotatable bonds is 23. The number of amides is 1. The Morgan fingerprint density at radius 1 is 0.606 bits per heavy atom. The van der Waals surface area contributed by atoms with Gasteiger partial charge < -0.3 is 15.5 Å². The van der Waals surface area contributed by atoms with Gasteiger partial charge in [0.2, 0.25) is 5.91 Å². The lowest BCUT2D eigenvalue weighted by molar-refractivity contribution is -0.142. The molecule has 0 spiro atoms. The van der Waals surface area contributed by atoms with E-state index in [0.29, 0.717) is 12.8 Å². The van der Waals surface area contributed by atoms with Crippen molar-refractivity contribution in [2.24, 2.45) is 5.92 Å². The van der Waals surface area contributed by atoms with Crippen LogP contribution < -0.4 is 5.32 Å². The van der Waals surface area contributed by atoms with Gasteiger partial charge in [0, 0.05) is 25.2 Å². The van der Waals surface area contributed by atoms with Gasteiger partial charge in [0.25, 0.3) is 0 Å². The van der Waals surface area contributed by atoms with Crippen molar-refractivity contribution in [1.29, 1.82) is 0 Å². The second-order valence-electron chi connectivity index (χ2n) is 9.46. The van der Waals surface area contributed by atoms with E-state index in [4.69, 9.17) is 5.11 Å². The van der Waals surface area contributed by atoms with Crippen LogP contribution in [0.5, 0.6) is 0 Å². The molecular weight excluding hydrogens is 422 g/mol. The highest BCUT2D eigenvalue weighted by atomic mass is 16.4. The minimum atomic E-state index is -1.09. The van der Waals surface area contributed by atoms with E-state index in [1.807, 2.05) is 0 Å². The van der Waals surface area contributed by atoms with Crippen LogP contribution in [-0.4, -0.2) is 39.9 Å². The van der Waals surface area contributed by atoms with E-state index in [1.165, 1.54) is 51.4 Å². The van der Waals surface area contributed by atoms with Gasteiger partial charge in [-0.25, -0.2) is 4.79 Å². The Bertz CT molecular complexity index is 561. The Balaban J connectivity index is 3.54. The molecule has 0 saturated heterocycles. The van der Waals surface area contributed by atoms with Crippen LogP contribution in [0.15, 0.2) is 0 Å². The lowest BCUT2D eigenvalue weighted by atomic mass is 10.0. The molecule has 192 valence electrons. The molecule has 1 unspecified atom stereocenters. The largest absolute Gasteiger partial charge is 0.481 e. The van der Waals surface area contributed by atoms with Gasteiger partial charge in [-0.3, -0.25) is 14.4 Å². The molecule has 0 saturated carbocycles. The number of nitrogens with one attached hydrogen (secondary N) is 1. The fourth-order valence-electron chi connectivity index (χ4n) is 3.78. The highest BCUT2D eigenvalue weighted by Crippen LogP contribution is 2.14. The topological polar surface area (TPSA) is 121 Å². The van der Waals surface area contributed by atoms with Crippen LogP contribution in [0, 0.1) is 5.92 Å². The van der Waals surface area contributed by atoms with Gasteiger partial charge >= 0.3 is 11.9 Å². The lowest BCUT2D eigenvalue weighted by Gasteiger charge is -2.14. The third-order valence-electron chi connectivity index (χ3n) is 6.00. The van der Waals surface area contributed by atoms with Crippen LogP contribution in [0.25, 0.3) is 0 Å². The van der Waals surface area contributed by atoms with E-state index in [2.05, 4.69) is 5.32 Å². The van der Waals surface area contributed by atoms with Gasteiger partial charge in [-0.1, -0.05) is 90.9 Å². The summed E-state index contributed by atoms with van der Waals surface area (Å²) >= 11 is 0. The molecule has 0 heterocycles. The first-order chi connectivity index (χ1) is 15.7. The standard InChI is InChI=1S/C26H47NO6/c1-21(2)23(28)20-19-22(26(32)33)27-24(29)17-15-13-11-9-7-5-3-4-6-8-10-12-14-16-18-25(30)31/h21-22H,3-20H2,1-2H3,(H,27,29)(H,30,31)(H,32,33). The maximum absolute atomic E-state index is 12.0. The molecule has 0 bridgehead atoms. The number of carboxylic acids is 2. The monoisotopic (exact) mass is 469 g/mol. The second kappa shape index (κ2) is 20.7. The van der Waals surface area contributed by atoms with Crippen molar-refractivity contribution >= 4 is 23.6 Å². The average Bonchev–Trinajstić information content (AvgIpc) is 2.75. The molecule has 0 rings (SSSR count). The lowest BCUT2D eigenvalue weighted by Crippen LogP contribution is -2.41. The fourth-order valence-corrected chi connectivity index (χ4v) is 3.78. The van der Waals surface area contributed by atoms with Crippen molar-refractivity contribution in [3.63, 3.8) is 0 Å². The summed E-state index contributed by atoms with van der Waals surface area (Å²) in [6, 6.07) is -0.989. The van der Waals surface area contributed by atoms with Crippen molar-refractivity contribution in [2.45, 2.75) is 135 Å². The molecule has 0 aliphatic heterocycles. The summed E-state index contributed by atoms with van der Waals surface area (Å²) in [6.07, 6.45) is 16.6. The molecule has 0 aromatic heterocycles. The predicted octanol–water partition coefficient (Wildman–Crippen LogP) is 5.89. The zero-order valence-corrected chi connectivity index (χ0v) is 20.9. The summed E-state index contributed by atoms with van der Waals surface area (Å²) < 4.78 is 0. The first kappa shape index (κ1) is 31.1.